The maximum atomic E-state index is 11.9. The van der Waals surface area contributed by atoms with Crippen LogP contribution < -0.4 is 0 Å². The lowest BCUT2D eigenvalue weighted by molar-refractivity contribution is 0.597. The maximum absolute atomic E-state index is 11.9. The van der Waals surface area contributed by atoms with Gasteiger partial charge in [0, 0.05) is 0 Å². The number of aryl methyl sites for hydroxylation is 2. The zero-order valence-corrected chi connectivity index (χ0v) is 15.2. The lowest BCUT2D eigenvalue weighted by atomic mass is 9.89. The summed E-state index contributed by atoms with van der Waals surface area (Å²) >= 11 is 0. The number of rotatable bonds is 4. The van der Waals surface area contributed by atoms with Gasteiger partial charge in [-0.3, -0.25) is 0 Å². The van der Waals surface area contributed by atoms with Crippen molar-refractivity contribution in [2.24, 2.45) is 0 Å². The molecule has 2 aromatic carbocycles. The molecule has 3 rings (SSSR count). The summed E-state index contributed by atoms with van der Waals surface area (Å²) in [6, 6.07) is 13.9. The molecule has 0 amide bonds. The Kier molecular flexibility index (Phi) is 4.91. The predicted octanol–water partition coefficient (Wildman–Crippen LogP) is 4.92. The Labute approximate surface area is 145 Å². The molecule has 0 unspecified atom stereocenters. The van der Waals surface area contributed by atoms with E-state index in [4.69, 9.17) is 0 Å². The summed E-state index contributed by atoms with van der Waals surface area (Å²) in [4.78, 5) is 0.397. The normalized spacial score (nSPS) is 15.2. The van der Waals surface area contributed by atoms with Crippen LogP contribution >= 0.6 is 0 Å². The summed E-state index contributed by atoms with van der Waals surface area (Å²) in [6.45, 7) is 3.78. The third-order valence-corrected chi connectivity index (χ3v) is 6.56. The first-order valence-electron chi connectivity index (χ1n) is 8.63. The molecule has 0 fully saturated rings. The number of benzene rings is 2. The summed E-state index contributed by atoms with van der Waals surface area (Å²) in [6.07, 6.45) is 7.08. The van der Waals surface area contributed by atoms with Gasteiger partial charge in [0.25, 0.3) is 0 Å². The van der Waals surface area contributed by atoms with Crippen molar-refractivity contribution >= 4 is 21.5 Å². The second-order valence-corrected chi connectivity index (χ2v) is 8.77. The lowest BCUT2D eigenvalue weighted by Gasteiger charge is -2.16. The van der Waals surface area contributed by atoms with Crippen LogP contribution in [0.25, 0.3) is 11.6 Å². The van der Waals surface area contributed by atoms with Crippen LogP contribution in [0.1, 0.15) is 48.9 Å². The van der Waals surface area contributed by atoms with Crippen LogP contribution in [0.2, 0.25) is 0 Å². The van der Waals surface area contributed by atoms with Crippen molar-refractivity contribution in [2.45, 2.75) is 44.4 Å². The predicted molar refractivity (Wildman–Crippen MR) is 101 cm³/mol. The van der Waals surface area contributed by atoms with Gasteiger partial charge in [0.05, 0.1) is 10.6 Å². The third-order valence-electron chi connectivity index (χ3n) is 4.81. The van der Waals surface area contributed by atoms with Crippen LogP contribution in [-0.2, 0) is 22.7 Å². The average Bonchev–Trinajstić information content (AvgIpc) is 2.61. The van der Waals surface area contributed by atoms with E-state index in [2.05, 4.69) is 31.2 Å². The van der Waals surface area contributed by atoms with Crippen molar-refractivity contribution in [3.8, 4) is 0 Å². The van der Waals surface area contributed by atoms with Crippen LogP contribution in [0.4, 0.5) is 0 Å². The van der Waals surface area contributed by atoms with Crippen molar-refractivity contribution in [1.82, 2.24) is 0 Å². The lowest BCUT2D eigenvalue weighted by Crippen LogP contribution is -2.03. The molecular formula is C21H24O2S. The molecule has 3 heteroatoms. The van der Waals surface area contributed by atoms with Crippen LogP contribution in [0.15, 0.2) is 47.4 Å². The van der Waals surface area contributed by atoms with Crippen molar-refractivity contribution in [2.75, 3.05) is 5.75 Å². The zero-order valence-electron chi connectivity index (χ0n) is 14.4. The highest BCUT2D eigenvalue weighted by molar-refractivity contribution is 7.91. The molecule has 2 nitrogen and oxygen atoms in total. The van der Waals surface area contributed by atoms with Gasteiger partial charge in [-0.1, -0.05) is 43.3 Å². The van der Waals surface area contributed by atoms with E-state index in [0.29, 0.717) is 4.90 Å². The Balaban J connectivity index is 1.86. The van der Waals surface area contributed by atoms with Crippen molar-refractivity contribution in [1.29, 1.82) is 0 Å². The monoisotopic (exact) mass is 340 g/mol. The SMILES string of the molecule is CCS(=O)(=O)c1ccc(/C=C(\C)c2ccc3c(c2)CCCC3)cc1. The van der Waals surface area contributed by atoms with Gasteiger partial charge in [-0.05, 0) is 72.6 Å². The minimum Gasteiger partial charge on any atom is -0.224 e. The summed E-state index contributed by atoms with van der Waals surface area (Å²) < 4.78 is 23.8. The van der Waals surface area contributed by atoms with Gasteiger partial charge in [-0.25, -0.2) is 8.42 Å². The molecule has 0 saturated carbocycles. The molecule has 2 aromatic rings. The Hall–Kier alpha value is -1.87. The third kappa shape index (κ3) is 3.62. The number of hydrogen-bond acceptors (Lipinski definition) is 2. The number of sulfone groups is 1. The van der Waals surface area contributed by atoms with Gasteiger partial charge < -0.3 is 0 Å². The smallest absolute Gasteiger partial charge is 0.178 e. The minimum absolute atomic E-state index is 0.135. The van der Waals surface area contributed by atoms with E-state index >= 15 is 0 Å². The van der Waals surface area contributed by atoms with E-state index in [1.807, 2.05) is 12.1 Å². The van der Waals surface area contributed by atoms with E-state index in [1.165, 1.54) is 47.9 Å². The van der Waals surface area contributed by atoms with Crippen LogP contribution in [0, 0.1) is 0 Å². The van der Waals surface area contributed by atoms with Gasteiger partial charge >= 0.3 is 0 Å². The second-order valence-electron chi connectivity index (χ2n) is 6.49. The average molecular weight is 340 g/mol. The molecule has 0 bridgehead atoms. The number of hydrogen-bond donors (Lipinski definition) is 0. The molecule has 0 atom stereocenters. The summed E-state index contributed by atoms with van der Waals surface area (Å²) in [7, 11) is -3.13. The minimum atomic E-state index is -3.13. The Morgan fingerprint density at radius 3 is 2.33 bits per heavy atom. The van der Waals surface area contributed by atoms with Gasteiger partial charge in [-0.2, -0.15) is 0 Å². The van der Waals surface area contributed by atoms with E-state index < -0.39 is 9.84 Å². The first-order chi connectivity index (χ1) is 11.5. The Morgan fingerprint density at radius 2 is 1.67 bits per heavy atom. The van der Waals surface area contributed by atoms with Gasteiger partial charge in [-0.15, -0.1) is 0 Å². The zero-order chi connectivity index (χ0) is 17.2. The van der Waals surface area contributed by atoms with Gasteiger partial charge in [0.1, 0.15) is 0 Å². The van der Waals surface area contributed by atoms with Crippen LogP contribution in [0.5, 0.6) is 0 Å². The van der Waals surface area contributed by atoms with E-state index in [-0.39, 0.29) is 5.75 Å². The van der Waals surface area contributed by atoms with Gasteiger partial charge in [0.15, 0.2) is 9.84 Å². The largest absolute Gasteiger partial charge is 0.224 e. The summed E-state index contributed by atoms with van der Waals surface area (Å²) in [5.74, 6) is 0.135. The highest BCUT2D eigenvalue weighted by Crippen LogP contribution is 2.26. The molecule has 0 spiro atoms. The first-order valence-corrected chi connectivity index (χ1v) is 10.3. The fraction of sp³-hybridized carbons (Fsp3) is 0.333. The highest BCUT2D eigenvalue weighted by atomic mass is 32.2. The van der Waals surface area contributed by atoms with Gasteiger partial charge in [0.2, 0.25) is 0 Å². The summed E-state index contributed by atoms with van der Waals surface area (Å²) in [5, 5.41) is 0. The van der Waals surface area contributed by atoms with Crippen molar-refractivity contribution in [3.05, 3.63) is 64.7 Å². The molecular weight excluding hydrogens is 316 g/mol. The molecule has 0 saturated heterocycles. The first kappa shape index (κ1) is 17.0. The number of fused-ring (bicyclic) bond motifs is 1. The van der Waals surface area contributed by atoms with Crippen molar-refractivity contribution < 1.29 is 8.42 Å². The Bertz CT molecular complexity index is 859. The van der Waals surface area contributed by atoms with Crippen LogP contribution in [0.3, 0.4) is 0 Å². The molecule has 0 N–H and O–H groups in total. The van der Waals surface area contributed by atoms with Crippen molar-refractivity contribution in [3.63, 3.8) is 0 Å². The molecule has 126 valence electrons. The molecule has 0 radical (unpaired) electrons. The fourth-order valence-corrected chi connectivity index (χ4v) is 4.13. The molecule has 1 aliphatic rings. The molecule has 1 aliphatic carbocycles. The molecule has 24 heavy (non-hydrogen) atoms. The quantitative estimate of drug-likeness (QED) is 0.740. The molecule has 0 aliphatic heterocycles. The second kappa shape index (κ2) is 6.94. The maximum Gasteiger partial charge on any atom is 0.178 e. The Morgan fingerprint density at radius 1 is 1.00 bits per heavy atom. The summed E-state index contributed by atoms with van der Waals surface area (Å²) in [5.41, 5.74) is 6.46. The van der Waals surface area contributed by atoms with E-state index in [0.717, 1.165) is 5.56 Å². The highest BCUT2D eigenvalue weighted by Gasteiger charge is 2.11. The van der Waals surface area contributed by atoms with Crippen LogP contribution in [-0.4, -0.2) is 14.2 Å². The van der Waals surface area contributed by atoms with E-state index in [1.54, 1.807) is 19.1 Å². The fourth-order valence-electron chi connectivity index (χ4n) is 3.25. The topological polar surface area (TPSA) is 34.1 Å². The number of allylic oxidation sites excluding steroid dienone is 1. The van der Waals surface area contributed by atoms with E-state index in [9.17, 15) is 8.42 Å². The molecule has 0 heterocycles. The standard InChI is InChI=1S/C21H24O2S/c1-3-24(22,23)21-12-8-17(9-13-21)14-16(2)19-11-10-18-6-4-5-7-20(18)15-19/h8-15H,3-7H2,1-2H3/b16-14+. The molecule has 0 aromatic heterocycles.